The van der Waals surface area contributed by atoms with E-state index in [0.717, 1.165) is 37.5 Å². The zero-order chi connectivity index (χ0) is 18.2. The second kappa shape index (κ2) is 6.85. The molecule has 142 valence electrons. The van der Waals surface area contributed by atoms with Crippen LogP contribution in [0.1, 0.15) is 44.1 Å². The van der Waals surface area contributed by atoms with Crippen molar-refractivity contribution in [2.45, 2.75) is 56.0 Å². The number of sulfonamides is 1. The standard InChI is InChI=1S/C19H28N4O2S/c1-20-18(23-12-11-19(14-23)9-2-10-19)21-13-15-3-7-17(8-4-15)26(24,25)22-16-5-6-16/h3-4,7-8,16,22H,2,5-6,9-14H2,1H3,(H,20,21). The van der Waals surface area contributed by atoms with Crippen molar-refractivity contribution in [1.82, 2.24) is 14.9 Å². The molecule has 3 aliphatic rings. The quantitative estimate of drug-likeness (QED) is 0.610. The van der Waals surface area contributed by atoms with Gasteiger partial charge in [0.2, 0.25) is 10.0 Å². The van der Waals surface area contributed by atoms with Crippen molar-refractivity contribution in [2.24, 2.45) is 10.4 Å². The summed E-state index contributed by atoms with van der Waals surface area (Å²) in [4.78, 5) is 7.13. The molecule has 1 spiro atoms. The predicted molar refractivity (Wildman–Crippen MR) is 102 cm³/mol. The fraction of sp³-hybridized carbons (Fsp3) is 0.632. The van der Waals surface area contributed by atoms with Crippen molar-refractivity contribution in [3.8, 4) is 0 Å². The van der Waals surface area contributed by atoms with E-state index in [-0.39, 0.29) is 6.04 Å². The van der Waals surface area contributed by atoms with Crippen molar-refractivity contribution in [1.29, 1.82) is 0 Å². The molecule has 0 atom stereocenters. The Kier molecular flexibility index (Phi) is 4.69. The molecule has 26 heavy (non-hydrogen) atoms. The number of hydrogen-bond donors (Lipinski definition) is 2. The number of hydrogen-bond acceptors (Lipinski definition) is 3. The van der Waals surface area contributed by atoms with Gasteiger partial charge in [0.05, 0.1) is 4.90 Å². The van der Waals surface area contributed by atoms with Gasteiger partial charge in [-0.1, -0.05) is 18.6 Å². The van der Waals surface area contributed by atoms with Gasteiger partial charge in [0.15, 0.2) is 5.96 Å². The highest BCUT2D eigenvalue weighted by Crippen LogP contribution is 2.47. The molecule has 0 amide bonds. The lowest BCUT2D eigenvalue weighted by Gasteiger charge is -2.38. The lowest BCUT2D eigenvalue weighted by Crippen LogP contribution is -2.42. The highest BCUT2D eigenvalue weighted by atomic mass is 32.2. The molecule has 0 aromatic heterocycles. The molecule has 6 nitrogen and oxygen atoms in total. The second-order valence-corrected chi connectivity index (χ2v) is 9.68. The Bertz CT molecular complexity index is 780. The number of nitrogens with zero attached hydrogens (tertiary/aromatic N) is 2. The Morgan fingerprint density at radius 2 is 1.96 bits per heavy atom. The third kappa shape index (κ3) is 3.74. The maximum Gasteiger partial charge on any atom is 0.240 e. The molecule has 2 saturated carbocycles. The summed E-state index contributed by atoms with van der Waals surface area (Å²) < 4.78 is 27.2. The van der Waals surface area contributed by atoms with Crippen LogP contribution in [-0.2, 0) is 16.6 Å². The molecule has 4 rings (SSSR count). The van der Waals surface area contributed by atoms with Gasteiger partial charge in [0, 0.05) is 32.7 Å². The maximum atomic E-state index is 12.2. The van der Waals surface area contributed by atoms with Crippen molar-refractivity contribution in [3.63, 3.8) is 0 Å². The molecule has 0 unspecified atom stereocenters. The summed E-state index contributed by atoms with van der Waals surface area (Å²) >= 11 is 0. The first-order valence-corrected chi connectivity index (χ1v) is 11.0. The first-order chi connectivity index (χ1) is 12.5. The SMILES string of the molecule is CN=C(NCc1ccc(S(=O)(=O)NC2CC2)cc1)N1CCC2(CCC2)C1. The lowest BCUT2D eigenvalue weighted by molar-refractivity contribution is 0.151. The van der Waals surface area contributed by atoms with Crippen LogP contribution in [0.2, 0.25) is 0 Å². The van der Waals surface area contributed by atoms with Gasteiger partial charge in [-0.25, -0.2) is 13.1 Å². The van der Waals surface area contributed by atoms with Crippen LogP contribution in [0.3, 0.4) is 0 Å². The average Bonchev–Trinajstić information content (AvgIpc) is 3.28. The Hall–Kier alpha value is -1.60. The molecular formula is C19H28N4O2S. The highest BCUT2D eigenvalue weighted by Gasteiger charge is 2.43. The van der Waals surface area contributed by atoms with Gasteiger partial charge in [-0.3, -0.25) is 4.99 Å². The summed E-state index contributed by atoms with van der Waals surface area (Å²) in [7, 11) is -1.55. The van der Waals surface area contributed by atoms with E-state index in [4.69, 9.17) is 0 Å². The van der Waals surface area contributed by atoms with E-state index in [1.54, 1.807) is 12.1 Å². The third-order valence-corrected chi connectivity index (χ3v) is 7.48. The molecule has 1 aliphatic heterocycles. The first-order valence-electron chi connectivity index (χ1n) is 9.57. The number of aliphatic imine (C=N–C) groups is 1. The first kappa shape index (κ1) is 17.8. The normalized spacial score (nSPS) is 22.5. The second-order valence-electron chi connectivity index (χ2n) is 7.97. The van der Waals surface area contributed by atoms with Crippen LogP contribution in [0.4, 0.5) is 0 Å². The Morgan fingerprint density at radius 1 is 1.23 bits per heavy atom. The van der Waals surface area contributed by atoms with Gasteiger partial charge in [-0.15, -0.1) is 0 Å². The molecular weight excluding hydrogens is 348 g/mol. The number of guanidine groups is 1. The monoisotopic (exact) mass is 376 g/mol. The third-order valence-electron chi connectivity index (χ3n) is 5.95. The molecule has 1 aromatic rings. The highest BCUT2D eigenvalue weighted by molar-refractivity contribution is 7.89. The summed E-state index contributed by atoms with van der Waals surface area (Å²) in [6, 6.07) is 7.25. The topological polar surface area (TPSA) is 73.8 Å². The molecule has 0 radical (unpaired) electrons. The molecule has 0 bridgehead atoms. The van der Waals surface area contributed by atoms with Gasteiger partial charge < -0.3 is 10.2 Å². The van der Waals surface area contributed by atoms with Crippen molar-refractivity contribution in [2.75, 3.05) is 20.1 Å². The summed E-state index contributed by atoms with van der Waals surface area (Å²) in [5.41, 5.74) is 1.59. The van der Waals surface area contributed by atoms with E-state index in [0.29, 0.717) is 16.9 Å². The van der Waals surface area contributed by atoms with Crippen molar-refractivity contribution >= 4 is 16.0 Å². The van der Waals surface area contributed by atoms with Crippen LogP contribution in [-0.4, -0.2) is 45.5 Å². The van der Waals surface area contributed by atoms with E-state index < -0.39 is 10.0 Å². The number of rotatable bonds is 5. The Labute approximate surface area is 156 Å². The summed E-state index contributed by atoms with van der Waals surface area (Å²) in [5.74, 6) is 0.945. The molecule has 2 aliphatic carbocycles. The Morgan fingerprint density at radius 3 is 2.50 bits per heavy atom. The van der Waals surface area contributed by atoms with E-state index in [1.165, 1.54) is 25.7 Å². The zero-order valence-corrected chi connectivity index (χ0v) is 16.2. The molecule has 1 saturated heterocycles. The minimum atomic E-state index is -3.37. The van der Waals surface area contributed by atoms with Gasteiger partial charge in [0.1, 0.15) is 0 Å². The lowest BCUT2D eigenvalue weighted by atomic mass is 9.68. The summed E-state index contributed by atoms with van der Waals surface area (Å²) in [5, 5.41) is 3.42. The van der Waals surface area contributed by atoms with Crippen molar-refractivity contribution < 1.29 is 8.42 Å². The maximum absolute atomic E-state index is 12.2. The molecule has 2 N–H and O–H groups in total. The van der Waals surface area contributed by atoms with Gasteiger partial charge in [0.25, 0.3) is 0 Å². The average molecular weight is 377 g/mol. The zero-order valence-electron chi connectivity index (χ0n) is 15.4. The van der Waals surface area contributed by atoms with Gasteiger partial charge >= 0.3 is 0 Å². The molecule has 1 aromatic carbocycles. The van der Waals surface area contributed by atoms with E-state index in [1.807, 2.05) is 19.2 Å². The van der Waals surface area contributed by atoms with Crippen LogP contribution in [0.25, 0.3) is 0 Å². The predicted octanol–water partition coefficient (Wildman–Crippen LogP) is 2.08. The van der Waals surface area contributed by atoms with Gasteiger partial charge in [-0.2, -0.15) is 0 Å². The van der Waals surface area contributed by atoms with Crippen LogP contribution >= 0.6 is 0 Å². The smallest absolute Gasteiger partial charge is 0.240 e. The van der Waals surface area contributed by atoms with Crippen LogP contribution < -0.4 is 10.0 Å². The summed E-state index contributed by atoms with van der Waals surface area (Å²) in [6.45, 7) is 2.83. The van der Waals surface area contributed by atoms with Crippen molar-refractivity contribution in [3.05, 3.63) is 29.8 Å². The minimum Gasteiger partial charge on any atom is -0.352 e. The van der Waals surface area contributed by atoms with Crippen LogP contribution in [0.5, 0.6) is 0 Å². The number of benzene rings is 1. The Balaban J connectivity index is 1.33. The largest absolute Gasteiger partial charge is 0.352 e. The van der Waals surface area contributed by atoms with E-state index >= 15 is 0 Å². The molecule has 7 heteroatoms. The molecule has 3 fully saturated rings. The fourth-order valence-electron chi connectivity index (χ4n) is 3.99. The summed E-state index contributed by atoms with van der Waals surface area (Å²) in [6.07, 6.45) is 7.23. The van der Waals surface area contributed by atoms with Crippen LogP contribution in [0, 0.1) is 5.41 Å². The fourth-order valence-corrected chi connectivity index (χ4v) is 5.29. The van der Waals surface area contributed by atoms with E-state index in [9.17, 15) is 8.42 Å². The number of likely N-dealkylation sites (tertiary alicyclic amines) is 1. The minimum absolute atomic E-state index is 0.129. The van der Waals surface area contributed by atoms with Crippen LogP contribution in [0.15, 0.2) is 34.2 Å². The van der Waals surface area contributed by atoms with E-state index in [2.05, 4.69) is 19.9 Å². The van der Waals surface area contributed by atoms with Gasteiger partial charge in [-0.05, 0) is 55.2 Å². The number of nitrogens with one attached hydrogen (secondary N) is 2. The molecule has 1 heterocycles.